The normalized spacial score (nSPS) is 9.64. The highest BCUT2D eigenvalue weighted by molar-refractivity contribution is 6.36. The van der Waals surface area contributed by atoms with Gasteiger partial charge in [0, 0.05) is 5.02 Å². The molecule has 0 bridgehead atoms. The lowest BCUT2D eigenvalue weighted by Crippen LogP contribution is -2.08. The van der Waals surface area contributed by atoms with Gasteiger partial charge in [0.25, 0.3) is 0 Å². The minimum atomic E-state index is 0.602. The molecule has 0 heterocycles. The molecule has 0 saturated heterocycles. The van der Waals surface area contributed by atoms with Crippen LogP contribution in [0.5, 0.6) is 5.75 Å². The Labute approximate surface area is 72.7 Å². The van der Waals surface area contributed by atoms with Crippen molar-refractivity contribution in [2.75, 3.05) is 6.61 Å². The first kappa shape index (κ1) is 8.47. The summed E-state index contributed by atoms with van der Waals surface area (Å²) in [6.45, 7) is 2.50. The van der Waals surface area contributed by atoms with Gasteiger partial charge in [-0.25, -0.2) is 0 Å². The van der Waals surface area contributed by atoms with Crippen LogP contribution in [0, 0.1) is 0 Å². The topological polar surface area (TPSA) is 9.23 Å². The van der Waals surface area contributed by atoms with Crippen molar-refractivity contribution in [2.24, 2.45) is 0 Å². The molecule has 0 spiro atoms. The van der Waals surface area contributed by atoms with E-state index in [4.69, 9.17) is 24.2 Å². The van der Waals surface area contributed by atoms with Crippen LogP contribution in [0.3, 0.4) is 0 Å². The Morgan fingerprint density at radius 1 is 1.55 bits per heavy atom. The Morgan fingerprint density at radius 2 is 2.27 bits per heavy atom. The first-order valence-corrected chi connectivity index (χ1v) is 3.79. The van der Waals surface area contributed by atoms with E-state index in [9.17, 15) is 0 Å². The number of benzene rings is 1. The van der Waals surface area contributed by atoms with Crippen LogP contribution in [-0.2, 0) is 0 Å². The van der Waals surface area contributed by atoms with Crippen molar-refractivity contribution < 1.29 is 4.74 Å². The summed E-state index contributed by atoms with van der Waals surface area (Å²) in [6.07, 6.45) is 0. The van der Waals surface area contributed by atoms with Crippen LogP contribution in [0.1, 0.15) is 6.92 Å². The number of hydrogen-bond acceptors (Lipinski definition) is 1. The maximum absolute atomic E-state index is 5.72. The Balaban J connectivity index is 2.93. The summed E-state index contributed by atoms with van der Waals surface area (Å²) < 4.78 is 5.21. The highest BCUT2D eigenvalue weighted by Crippen LogP contribution is 2.14. The summed E-state index contributed by atoms with van der Waals surface area (Å²) in [5.41, 5.74) is 0.622. The molecule has 11 heavy (non-hydrogen) atoms. The van der Waals surface area contributed by atoms with Crippen LogP contribution in [-0.4, -0.2) is 14.5 Å². The second-order valence-electron chi connectivity index (χ2n) is 2.12. The highest BCUT2D eigenvalue weighted by Gasteiger charge is 1.97. The minimum Gasteiger partial charge on any atom is -0.494 e. The number of ether oxygens (including phenoxy) is 1. The van der Waals surface area contributed by atoms with Crippen molar-refractivity contribution in [1.29, 1.82) is 0 Å². The van der Waals surface area contributed by atoms with Gasteiger partial charge >= 0.3 is 0 Å². The molecule has 56 valence electrons. The van der Waals surface area contributed by atoms with Gasteiger partial charge in [0.1, 0.15) is 13.6 Å². The number of hydrogen-bond donors (Lipinski definition) is 0. The van der Waals surface area contributed by atoms with E-state index in [1.54, 1.807) is 18.2 Å². The minimum absolute atomic E-state index is 0.602. The van der Waals surface area contributed by atoms with Crippen LogP contribution in [0.15, 0.2) is 18.2 Å². The van der Waals surface area contributed by atoms with Gasteiger partial charge in [-0.05, 0) is 19.1 Å². The van der Waals surface area contributed by atoms with Gasteiger partial charge in [-0.3, -0.25) is 0 Å². The average molecular weight is 166 g/mol. The van der Waals surface area contributed by atoms with E-state index in [0.29, 0.717) is 22.8 Å². The number of rotatable bonds is 2. The molecule has 0 aliphatic carbocycles. The van der Waals surface area contributed by atoms with E-state index >= 15 is 0 Å². The zero-order chi connectivity index (χ0) is 8.27. The predicted octanol–water partition coefficient (Wildman–Crippen LogP) is 1.53. The molecule has 0 unspecified atom stereocenters. The van der Waals surface area contributed by atoms with E-state index in [-0.39, 0.29) is 0 Å². The zero-order valence-corrected chi connectivity index (χ0v) is 7.06. The molecule has 0 N–H and O–H groups in total. The molecule has 0 aliphatic heterocycles. The maximum atomic E-state index is 5.72. The summed E-state index contributed by atoms with van der Waals surface area (Å²) in [4.78, 5) is 0. The molecule has 0 amide bonds. The molecule has 1 aromatic carbocycles. The van der Waals surface area contributed by atoms with Crippen LogP contribution in [0.2, 0.25) is 5.02 Å². The lowest BCUT2D eigenvalue weighted by molar-refractivity contribution is 0.343. The fraction of sp³-hybridized carbons (Fsp3) is 0.250. The van der Waals surface area contributed by atoms with Crippen molar-refractivity contribution in [2.45, 2.75) is 6.92 Å². The summed E-state index contributed by atoms with van der Waals surface area (Å²) in [5.74, 6) is 0.653. The molecule has 2 radical (unpaired) electrons. The fourth-order valence-electron chi connectivity index (χ4n) is 0.789. The molecule has 0 fully saturated rings. The van der Waals surface area contributed by atoms with Gasteiger partial charge in [0.05, 0.1) is 6.61 Å². The van der Waals surface area contributed by atoms with E-state index in [1.165, 1.54) is 0 Å². The van der Waals surface area contributed by atoms with E-state index in [2.05, 4.69) is 0 Å². The Kier molecular flexibility index (Phi) is 2.83. The standard InChI is InChI=1S/C8H8BClO/c1-2-11-8-5-6(10)3-4-7(8)9/h3-5H,2H2,1H3. The lowest BCUT2D eigenvalue weighted by Gasteiger charge is -2.06. The first-order chi connectivity index (χ1) is 5.24. The van der Waals surface area contributed by atoms with Crippen LogP contribution in [0.4, 0.5) is 0 Å². The van der Waals surface area contributed by atoms with Crippen LogP contribution < -0.4 is 10.2 Å². The van der Waals surface area contributed by atoms with Gasteiger partial charge in [-0.2, -0.15) is 0 Å². The fourth-order valence-corrected chi connectivity index (χ4v) is 0.951. The quantitative estimate of drug-likeness (QED) is 0.606. The Hall–Kier alpha value is -0.625. The van der Waals surface area contributed by atoms with Crippen molar-refractivity contribution in [3.8, 4) is 5.75 Å². The molecule has 1 rings (SSSR count). The van der Waals surface area contributed by atoms with Gasteiger partial charge in [-0.15, -0.1) is 0 Å². The molecule has 0 aromatic heterocycles. The summed E-state index contributed by atoms with van der Waals surface area (Å²) in [7, 11) is 5.59. The van der Waals surface area contributed by atoms with Crippen LogP contribution in [0.25, 0.3) is 0 Å². The zero-order valence-electron chi connectivity index (χ0n) is 6.30. The van der Waals surface area contributed by atoms with Crippen molar-refractivity contribution in [3.05, 3.63) is 23.2 Å². The molecule has 1 nitrogen and oxygen atoms in total. The molecular weight excluding hydrogens is 158 g/mol. The van der Waals surface area contributed by atoms with E-state index in [0.717, 1.165) is 0 Å². The Bertz CT molecular complexity index is 250. The third-order valence-corrected chi connectivity index (χ3v) is 1.51. The first-order valence-electron chi connectivity index (χ1n) is 3.42. The summed E-state index contributed by atoms with van der Waals surface area (Å²) >= 11 is 5.72. The smallest absolute Gasteiger partial charge is 0.119 e. The van der Waals surface area contributed by atoms with E-state index < -0.39 is 0 Å². The lowest BCUT2D eigenvalue weighted by atomic mass is 9.95. The third-order valence-electron chi connectivity index (χ3n) is 1.28. The van der Waals surface area contributed by atoms with Crippen molar-refractivity contribution >= 4 is 24.9 Å². The molecule has 1 aromatic rings. The molecule has 3 heteroatoms. The maximum Gasteiger partial charge on any atom is 0.119 e. The SMILES string of the molecule is [B]c1ccc(Cl)cc1OCC. The van der Waals surface area contributed by atoms with Gasteiger partial charge < -0.3 is 4.74 Å². The van der Waals surface area contributed by atoms with Crippen LogP contribution >= 0.6 is 11.6 Å². The molecule has 0 aliphatic rings. The molecular formula is C8H8BClO. The molecule has 0 atom stereocenters. The second kappa shape index (κ2) is 3.68. The third kappa shape index (κ3) is 2.16. The largest absolute Gasteiger partial charge is 0.494 e. The highest BCUT2D eigenvalue weighted by atomic mass is 35.5. The van der Waals surface area contributed by atoms with Gasteiger partial charge in [-0.1, -0.05) is 23.1 Å². The second-order valence-corrected chi connectivity index (χ2v) is 2.55. The Morgan fingerprint density at radius 3 is 2.91 bits per heavy atom. The van der Waals surface area contributed by atoms with E-state index in [1.807, 2.05) is 6.92 Å². The monoisotopic (exact) mass is 166 g/mol. The molecule has 0 saturated carbocycles. The number of halogens is 1. The van der Waals surface area contributed by atoms with Gasteiger partial charge in [0.15, 0.2) is 0 Å². The average Bonchev–Trinajstić information content (AvgIpc) is 1.98. The summed E-state index contributed by atoms with van der Waals surface area (Å²) in [5, 5.41) is 0.641. The van der Waals surface area contributed by atoms with Crippen molar-refractivity contribution in [3.63, 3.8) is 0 Å². The van der Waals surface area contributed by atoms with Crippen molar-refractivity contribution in [1.82, 2.24) is 0 Å². The predicted molar refractivity (Wildman–Crippen MR) is 48.0 cm³/mol. The summed E-state index contributed by atoms with van der Waals surface area (Å²) in [6, 6.07) is 5.17. The van der Waals surface area contributed by atoms with Gasteiger partial charge in [0.2, 0.25) is 0 Å².